The molecule has 142 valence electrons. The largest absolute Gasteiger partial charge is 0.449 e. The van der Waals surface area contributed by atoms with Crippen molar-refractivity contribution in [3.05, 3.63) is 24.3 Å². The van der Waals surface area contributed by atoms with E-state index in [0.29, 0.717) is 37.4 Å². The standard InChI is InChI=1S/C19H27N3O4/c1-13(2)12-26-19(25)22-16-6-3-5-15(11-16)21-17(23)7-4-10-20-18(24)14-8-9-14/h3,5-6,11,13-14H,4,7-10,12H2,1-2H3,(H,20,24)(H,21,23)(H,22,25). The summed E-state index contributed by atoms with van der Waals surface area (Å²) in [5.74, 6) is 0.408. The van der Waals surface area contributed by atoms with Crippen LogP contribution < -0.4 is 16.0 Å². The summed E-state index contributed by atoms with van der Waals surface area (Å²) in [6, 6.07) is 6.88. The average molecular weight is 361 g/mol. The van der Waals surface area contributed by atoms with E-state index in [0.717, 1.165) is 12.8 Å². The fraction of sp³-hybridized carbons (Fsp3) is 0.526. The molecule has 0 bridgehead atoms. The Labute approximate surface area is 153 Å². The highest BCUT2D eigenvalue weighted by Gasteiger charge is 2.28. The highest BCUT2D eigenvalue weighted by Crippen LogP contribution is 2.28. The van der Waals surface area contributed by atoms with Crippen LogP contribution in [-0.2, 0) is 14.3 Å². The zero-order valence-corrected chi connectivity index (χ0v) is 15.3. The van der Waals surface area contributed by atoms with Gasteiger partial charge in [0.1, 0.15) is 0 Å². The van der Waals surface area contributed by atoms with Gasteiger partial charge in [-0.25, -0.2) is 4.79 Å². The van der Waals surface area contributed by atoms with Crippen LogP contribution in [0.15, 0.2) is 24.3 Å². The number of hydrogen-bond donors (Lipinski definition) is 3. The first-order valence-electron chi connectivity index (χ1n) is 9.05. The monoisotopic (exact) mass is 361 g/mol. The second-order valence-electron chi connectivity index (χ2n) is 6.92. The quantitative estimate of drug-likeness (QED) is 0.589. The van der Waals surface area contributed by atoms with Gasteiger partial charge in [0.2, 0.25) is 11.8 Å². The third kappa shape index (κ3) is 7.55. The minimum Gasteiger partial charge on any atom is -0.449 e. The van der Waals surface area contributed by atoms with Crippen LogP contribution in [0, 0.1) is 11.8 Å². The Morgan fingerprint density at radius 1 is 1.15 bits per heavy atom. The number of ether oxygens (including phenoxy) is 1. The molecule has 3 amide bonds. The number of rotatable bonds is 9. The molecule has 0 aromatic heterocycles. The lowest BCUT2D eigenvalue weighted by Gasteiger charge is -2.10. The number of carbonyl (C=O) groups excluding carboxylic acids is 3. The van der Waals surface area contributed by atoms with Crippen molar-refractivity contribution in [2.24, 2.45) is 11.8 Å². The molecule has 0 saturated heterocycles. The van der Waals surface area contributed by atoms with Crippen LogP contribution in [0.3, 0.4) is 0 Å². The van der Waals surface area contributed by atoms with Gasteiger partial charge in [-0.3, -0.25) is 14.9 Å². The van der Waals surface area contributed by atoms with Crippen LogP contribution in [0.4, 0.5) is 16.2 Å². The van der Waals surface area contributed by atoms with Crippen LogP contribution in [0.1, 0.15) is 39.5 Å². The fourth-order valence-corrected chi connectivity index (χ4v) is 2.24. The van der Waals surface area contributed by atoms with Gasteiger partial charge < -0.3 is 15.4 Å². The minimum atomic E-state index is -0.520. The average Bonchev–Trinajstić information content (AvgIpc) is 3.42. The maximum absolute atomic E-state index is 12.0. The van der Waals surface area contributed by atoms with Crippen LogP contribution in [0.25, 0.3) is 0 Å². The number of anilines is 2. The minimum absolute atomic E-state index is 0.0912. The molecular weight excluding hydrogens is 334 g/mol. The predicted molar refractivity (Wildman–Crippen MR) is 99.8 cm³/mol. The first-order valence-corrected chi connectivity index (χ1v) is 9.05. The normalized spacial score (nSPS) is 13.2. The molecule has 0 atom stereocenters. The van der Waals surface area contributed by atoms with E-state index in [1.54, 1.807) is 24.3 Å². The van der Waals surface area contributed by atoms with Gasteiger partial charge in [0.15, 0.2) is 0 Å². The van der Waals surface area contributed by atoms with Crippen molar-refractivity contribution < 1.29 is 19.1 Å². The molecule has 7 heteroatoms. The highest BCUT2D eigenvalue weighted by molar-refractivity contribution is 5.92. The maximum Gasteiger partial charge on any atom is 0.411 e. The summed E-state index contributed by atoms with van der Waals surface area (Å²) in [5.41, 5.74) is 1.15. The van der Waals surface area contributed by atoms with Gasteiger partial charge >= 0.3 is 6.09 Å². The molecule has 1 saturated carbocycles. The van der Waals surface area contributed by atoms with Gasteiger partial charge in [0.05, 0.1) is 6.61 Å². The zero-order valence-electron chi connectivity index (χ0n) is 15.3. The Kier molecular flexibility index (Phi) is 7.44. The smallest absolute Gasteiger partial charge is 0.411 e. The summed E-state index contributed by atoms with van der Waals surface area (Å²) in [6.07, 6.45) is 2.33. The van der Waals surface area contributed by atoms with Gasteiger partial charge in [0.25, 0.3) is 0 Å². The lowest BCUT2D eigenvalue weighted by Crippen LogP contribution is -2.26. The number of benzene rings is 1. The van der Waals surface area contributed by atoms with Gasteiger partial charge in [0, 0.05) is 30.3 Å². The van der Waals surface area contributed by atoms with E-state index in [2.05, 4.69) is 16.0 Å². The van der Waals surface area contributed by atoms with Crippen molar-refractivity contribution in [3.63, 3.8) is 0 Å². The zero-order chi connectivity index (χ0) is 18.9. The first-order chi connectivity index (χ1) is 12.4. The molecule has 1 aromatic rings. The second-order valence-corrected chi connectivity index (χ2v) is 6.92. The number of amides is 3. The molecule has 1 aliphatic carbocycles. The molecule has 3 N–H and O–H groups in total. The van der Waals surface area contributed by atoms with Crippen molar-refractivity contribution in [1.82, 2.24) is 5.32 Å². The van der Waals surface area contributed by atoms with Gasteiger partial charge in [-0.1, -0.05) is 19.9 Å². The summed E-state index contributed by atoms with van der Waals surface area (Å²) in [5, 5.41) is 8.25. The van der Waals surface area contributed by atoms with Crippen LogP contribution in [0.5, 0.6) is 0 Å². The molecule has 0 unspecified atom stereocenters. The SMILES string of the molecule is CC(C)COC(=O)Nc1cccc(NC(=O)CCCNC(=O)C2CC2)c1. The summed E-state index contributed by atoms with van der Waals surface area (Å²) < 4.78 is 5.06. The molecule has 1 fully saturated rings. The van der Waals surface area contributed by atoms with Crippen molar-refractivity contribution in [1.29, 1.82) is 0 Å². The van der Waals surface area contributed by atoms with Crippen molar-refractivity contribution >= 4 is 29.3 Å². The molecular formula is C19H27N3O4. The molecule has 0 spiro atoms. The molecule has 1 aliphatic rings. The van der Waals surface area contributed by atoms with Crippen molar-refractivity contribution in [2.75, 3.05) is 23.8 Å². The fourth-order valence-electron chi connectivity index (χ4n) is 2.24. The van der Waals surface area contributed by atoms with E-state index in [4.69, 9.17) is 4.74 Å². The number of carbonyl (C=O) groups is 3. The highest BCUT2D eigenvalue weighted by atomic mass is 16.5. The molecule has 1 aromatic carbocycles. The summed E-state index contributed by atoms with van der Waals surface area (Å²) >= 11 is 0. The van der Waals surface area contributed by atoms with E-state index in [1.165, 1.54) is 0 Å². The van der Waals surface area contributed by atoms with E-state index < -0.39 is 6.09 Å². The van der Waals surface area contributed by atoms with E-state index >= 15 is 0 Å². The van der Waals surface area contributed by atoms with Crippen LogP contribution in [0.2, 0.25) is 0 Å². The number of nitrogens with one attached hydrogen (secondary N) is 3. The molecule has 0 radical (unpaired) electrons. The summed E-state index contributed by atoms with van der Waals surface area (Å²) in [6.45, 7) is 4.77. The number of hydrogen-bond acceptors (Lipinski definition) is 4. The van der Waals surface area contributed by atoms with Gasteiger partial charge in [-0.05, 0) is 43.4 Å². The summed E-state index contributed by atoms with van der Waals surface area (Å²) in [4.78, 5) is 35.1. The van der Waals surface area contributed by atoms with Crippen molar-refractivity contribution in [2.45, 2.75) is 39.5 Å². The maximum atomic E-state index is 12.0. The van der Waals surface area contributed by atoms with E-state index in [9.17, 15) is 14.4 Å². The van der Waals surface area contributed by atoms with Crippen LogP contribution in [-0.4, -0.2) is 31.1 Å². The van der Waals surface area contributed by atoms with E-state index in [-0.39, 0.29) is 23.7 Å². The van der Waals surface area contributed by atoms with Crippen molar-refractivity contribution in [3.8, 4) is 0 Å². The Morgan fingerprint density at radius 2 is 1.85 bits per heavy atom. The Hall–Kier alpha value is -2.57. The summed E-state index contributed by atoms with van der Waals surface area (Å²) in [7, 11) is 0. The lowest BCUT2D eigenvalue weighted by molar-refractivity contribution is -0.122. The Balaban J connectivity index is 1.70. The van der Waals surface area contributed by atoms with Gasteiger partial charge in [-0.15, -0.1) is 0 Å². The molecule has 2 rings (SSSR count). The molecule has 0 aliphatic heterocycles. The molecule has 7 nitrogen and oxygen atoms in total. The lowest BCUT2D eigenvalue weighted by atomic mass is 10.2. The topological polar surface area (TPSA) is 96.5 Å². The first kappa shape index (κ1) is 19.8. The molecule has 0 heterocycles. The third-order valence-electron chi connectivity index (χ3n) is 3.77. The van der Waals surface area contributed by atoms with E-state index in [1.807, 2.05) is 13.8 Å². The predicted octanol–water partition coefficient (Wildman–Crippen LogP) is 3.14. The van der Waals surface area contributed by atoms with Crippen LogP contribution >= 0.6 is 0 Å². The van der Waals surface area contributed by atoms with Gasteiger partial charge in [-0.2, -0.15) is 0 Å². The Bertz CT molecular complexity index is 641. The second kappa shape index (κ2) is 9.79. The Morgan fingerprint density at radius 3 is 2.50 bits per heavy atom. The molecule has 26 heavy (non-hydrogen) atoms. The third-order valence-corrected chi connectivity index (χ3v) is 3.77.